The Hall–Kier alpha value is -9.09. The molecule has 0 fully saturated rings. The summed E-state index contributed by atoms with van der Waals surface area (Å²) in [5.74, 6) is -2.19. The molecule has 0 aromatic heterocycles. The molecular formula is C57H44N2O9. The van der Waals surface area contributed by atoms with Gasteiger partial charge in [0.15, 0.2) is 5.78 Å². The Bertz CT molecular complexity index is 3050. The van der Waals surface area contributed by atoms with E-state index in [1.165, 1.54) is 40.1 Å². The Balaban J connectivity index is 1.06. The summed E-state index contributed by atoms with van der Waals surface area (Å²) < 4.78 is 11.9. The van der Waals surface area contributed by atoms with Crippen LogP contribution in [0.4, 0.5) is 0 Å². The van der Waals surface area contributed by atoms with Gasteiger partial charge in [0.2, 0.25) is 0 Å². The second kappa shape index (κ2) is 21.3. The number of carboxylic acid groups (broad SMARTS) is 2. The highest BCUT2D eigenvalue weighted by molar-refractivity contribution is 6.14. The highest BCUT2D eigenvalue weighted by Gasteiger charge is 2.27. The number of hydrogen-bond donors (Lipinski definition) is 2. The van der Waals surface area contributed by atoms with Crippen molar-refractivity contribution < 1.29 is 43.7 Å². The molecule has 0 aliphatic rings. The molecule has 336 valence electrons. The number of amides is 2. The molecule has 0 radical (unpaired) electrons. The van der Waals surface area contributed by atoms with Gasteiger partial charge in [-0.1, -0.05) is 133 Å². The first kappa shape index (κ1) is 45.5. The summed E-state index contributed by atoms with van der Waals surface area (Å²) in [5, 5.41) is 20.8. The lowest BCUT2D eigenvalue weighted by Gasteiger charge is -2.24. The lowest BCUT2D eigenvalue weighted by Crippen LogP contribution is -2.32. The number of carboxylic acids is 2. The molecule has 2 N–H and O–H groups in total. The topological polar surface area (TPSA) is 151 Å². The molecule has 11 heteroatoms. The lowest BCUT2D eigenvalue weighted by molar-refractivity contribution is 0.0666. The molecule has 0 atom stereocenters. The molecule has 0 spiro atoms. The number of rotatable bonds is 18. The number of carbonyl (C=O) groups is 5. The molecule has 0 bridgehead atoms. The molecule has 8 aromatic rings. The summed E-state index contributed by atoms with van der Waals surface area (Å²) in [6.45, 7) is 0.486. The summed E-state index contributed by atoms with van der Waals surface area (Å²) in [6, 6.07) is 59.1. The SMILES string of the molecule is O=C(c1ccc(C(=O)N(Cc2ccccc2)Cc2ccc(Oc3ccccc3)cc2)c(C(=O)O)c1)c1ccc(C(=O)O)c(C(=O)N(Cc2ccccc2)Cc2ccc(Oc3ccccc3)cc2)c1. The monoisotopic (exact) mass is 900 g/mol. The highest BCUT2D eigenvalue weighted by Crippen LogP contribution is 2.27. The highest BCUT2D eigenvalue weighted by atomic mass is 16.5. The third-order valence-electron chi connectivity index (χ3n) is 11.0. The predicted octanol–water partition coefficient (Wildman–Crippen LogP) is 11.6. The number of ketones is 1. The minimum Gasteiger partial charge on any atom is -0.478 e. The zero-order valence-electron chi connectivity index (χ0n) is 36.6. The summed E-state index contributed by atoms with van der Waals surface area (Å²) in [5.41, 5.74) is 1.89. The van der Waals surface area contributed by atoms with Crippen LogP contribution in [0.3, 0.4) is 0 Å². The number of para-hydroxylation sites is 2. The Morgan fingerprint density at radius 3 is 1.06 bits per heavy atom. The fraction of sp³-hybridized carbons (Fsp3) is 0.0702. The zero-order chi connectivity index (χ0) is 47.4. The third-order valence-corrected chi connectivity index (χ3v) is 11.0. The maximum absolute atomic E-state index is 14.6. The van der Waals surface area contributed by atoms with Crippen molar-refractivity contribution in [2.45, 2.75) is 26.2 Å². The van der Waals surface area contributed by atoms with Crippen LogP contribution < -0.4 is 9.47 Å². The van der Waals surface area contributed by atoms with Crippen molar-refractivity contribution in [3.63, 3.8) is 0 Å². The minimum absolute atomic E-state index is 0.0544. The summed E-state index contributed by atoms with van der Waals surface area (Å²) in [4.78, 5) is 71.8. The molecule has 0 saturated heterocycles. The summed E-state index contributed by atoms with van der Waals surface area (Å²) in [7, 11) is 0. The van der Waals surface area contributed by atoms with E-state index in [-0.39, 0.29) is 54.0 Å². The van der Waals surface area contributed by atoms with E-state index < -0.39 is 35.1 Å². The van der Waals surface area contributed by atoms with Crippen LogP contribution in [-0.2, 0) is 26.2 Å². The molecule has 8 rings (SSSR count). The Morgan fingerprint density at radius 2 is 0.662 bits per heavy atom. The average Bonchev–Trinajstić information content (AvgIpc) is 3.37. The van der Waals surface area contributed by atoms with Gasteiger partial charge in [0, 0.05) is 37.3 Å². The smallest absolute Gasteiger partial charge is 0.336 e. The first-order valence-corrected chi connectivity index (χ1v) is 21.7. The second-order valence-corrected chi connectivity index (χ2v) is 15.9. The fourth-order valence-electron chi connectivity index (χ4n) is 7.63. The van der Waals surface area contributed by atoms with Gasteiger partial charge in [0.1, 0.15) is 23.0 Å². The Morgan fingerprint density at radius 1 is 0.338 bits per heavy atom. The fourth-order valence-corrected chi connectivity index (χ4v) is 7.63. The van der Waals surface area contributed by atoms with Gasteiger partial charge >= 0.3 is 11.9 Å². The molecule has 68 heavy (non-hydrogen) atoms. The molecule has 0 unspecified atom stereocenters. The molecule has 0 saturated carbocycles. The zero-order valence-corrected chi connectivity index (χ0v) is 36.6. The van der Waals surface area contributed by atoms with Gasteiger partial charge < -0.3 is 29.5 Å². The number of carbonyl (C=O) groups excluding carboxylic acids is 3. The van der Waals surface area contributed by atoms with E-state index in [4.69, 9.17) is 9.47 Å². The van der Waals surface area contributed by atoms with Crippen molar-refractivity contribution in [1.82, 2.24) is 9.80 Å². The molecule has 0 aliphatic heterocycles. The maximum atomic E-state index is 14.6. The number of aromatic carboxylic acids is 2. The predicted molar refractivity (Wildman–Crippen MR) is 256 cm³/mol. The van der Waals surface area contributed by atoms with Gasteiger partial charge in [-0.15, -0.1) is 0 Å². The average molecular weight is 901 g/mol. The van der Waals surface area contributed by atoms with Crippen molar-refractivity contribution in [2.24, 2.45) is 0 Å². The molecule has 8 aromatic carbocycles. The molecule has 0 heterocycles. The van der Waals surface area contributed by atoms with E-state index in [1.54, 1.807) is 24.3 Å². The normalized spacial score (nSPS) is 10.7. The van der Waals surface area contributed by atoms with Crippen LogP contribution in [0.2, 0.25) is 0 Å². The first-order chi connectivity index (χ1) is 33.1. The van der Waals surface area contributed by atoms with Crippen LogP contribution >= 0.6 is 0 Å². The molecule has 11 nitrogen and oxygen atoms in total. The quantitative estimate of drug-likeness (QED) is 0.0802. The maximum Gasteiger partial charge on any atom is 0.336 e. The van der Waals surface area contributed by atoms with Gasteiger partial charge in [-0.3, -0.25) is 14.4 Å². The summed E-state index contributed by atoms with van der Waals surface area (Å²) >= 11 is 0. The van der Waals surface area contributed by atoms with Gasteiger partial charge in [-0.2, -0.15) is 0 Å². The van der Waals surface area contributed by atoms with E-state index in [0.29, 0.717) is 23.0 Å². The molecule has 2 amide bonds. The van der Waals surface area contributed by atoms with Crippen molar-refractivity contribution in [3.8, 4) is 23.0 Å². The van der Waals surface area contributed by atoms with Crippen LogP contribution in [0.5, 0.6) is 23.0 Å². The van der Waals surface area contributed by atoms with Crippen molar-refractivity contribution in [3.05, 3.63) is 262 Å². The van der Waals surface area contributed by atoms with Crippen LogP contribution in [0.15, 0.2) is 206 Å². The molecule has 0 aliphatic carbocycles. The first-order valence-electron chi connectivity index (χ1n) is 21.7. The van der Waals surface area contributed by atoms with E-state index in [1.807, 2.05) is 146 Å². The van der Waals surface area contributed by atoms with Gasteiger partial charge in [-0.25, -0.2) is 9.59 Å². The second-order valence-electron chi connectivity index (χ2n) is 15.9. The van der Waals surface area contributed by atoms with E-state index in [0.717, 1.165) is 28.3 Å². The minimum atomic E-state index is -1.43. The van der Waals surface area contributed by atoms with Crippen LogP contribution in [-0.4, -0.2) is 49.5 Å². The van der Waals surface area contributed by atoms with E-state index in [9.17, 15) is 34.2 Å². The number of hydrogen-bond acceptors (Lipinski definition) is 7. The molecular weight excluding hydrogens is 857 g/mol. The van der Waals surface area contributed by atoms with Crippen molar-refractivity contribution in [1.29, 1.82) is 0 Å². The summed E-state index contributed by atoms with van der Waals surface area (Å²) in [6.07, 6.45) is 0. The van der Waals surface area contributed by atoms with Gasteiger partial charge in [-0.05, 0) is 95.1 Å². The number of benzene rings is 8. The Kier molecular flexibility index (Phi) is 14.2. The number of ether oxygens (including phenoxy) is 2. The van der Waals surface area contributed by atoms with Crippen LogP contribution in [0, 0.1) is 0 Å². The van der Waals surface area contributed by atoms with Crippen LogP contribution in [0.1, 0.15) is 79.6 Å². The lowest BCUT2D eigenvalue weighted by atomic mass is 9.94. The standard InChI is InChI=1S/C57H44N2O9/c60-53(43-26-32-50(56(63)64)51(33-43)55(62)59(36-40-15-7-2-8-16-40)38-42-23-29-48(30-24-42)68-46-19-11-4-12-20-46)44-25-31-49(52(34-44)57(65)66)54(61)58(35-39-13-5-1-6-14-39)37-41-21-27-47(28-22-41)67-45-17-9-3-10-18-45/h1-34H,35-38H2,(H,63,64)(H,65,66). The van der Waals surface area contributed by atoms with Crippen molar-refractivity contribution in [2.75, 3.05) is 0 Å². The van der Waals surface area contributed by atoms with Gasteiger partial charge in [0.25, 0.3) is 11.8 Å². The number of nitrogens with zero attached hydrogens (tertiary/aromatic N) is 2. The van der Waals surface area contributed by atoms with Crippen molar-refractivity contribution >= 4 is 29.5 Å². The van der Waals surface area contributed by atoms with Crippen LogP contribution in [0.25, 0.3) is 0 Å². The Labute approximate surface area is 392 Å². The van der Waals surface area contributed by atoms with E-state index >= 15 is 0 Å². The van der Waals surface area contributed by atoms with E-state index in [2.05, 4.69) is 0 Å². The van der Waals surface area contributed by atoms with Gasteiger partial charge in [0.05, 0.1) is 22.3 Å². The largest absolute Gasteiger partial charge is 0.478 e. The third kappa shape index (κ3) is 11.4.